The van der Waals surface area contributed by atoms with Crippen LogP contribution in [0.4, 0.5) is 0 Å². The van der Waals surface area contributed by atoms with Gasteiger partial charge in [0, 0.05) is 48.4 Å². The van der Waals surface area contributed by atoms with E-state index in [4.69, 9.17) is 17.2 Å². The van der Waals surface area contributed by atoms with Crippen LogP contribution in [0.15, 0.2) is 48.0 Å². The number of benzene rings is 1. The molecular weight excluding hydrogens is 588 g/mol. The van der Waals surface area contributed by atoms with Crippen molar-refractivity contribution in [2.45, 2.75) is 56.3 Å². The molecule has 1 aromatic carbocycles. The van der Waals surface area contributed by atoms with Crippen molar-refractivity contribution < 1.29 is 24.3 Å². The summed E-state index contributed by atoms with van der Waals surface area (Å²) in [5.41, 5.74) is 18.8. The number of guanidine groups is 1. The lowest BCUT2D eigenvalue weighted by Gasteiger charge is -2.25. The molecule has 0 aliphatic heterocycles. The molecule has 0 saturated carbocycles. The summed E-state index contributed by atoms with van der Waals surface area (Å²) in [6.07, 6.45) is 7.56. The fourth-order valence-electron chi connectivity index (χ4n) is 4.52. The molecule has 0 fully saturated rings. The third-order valence-corrected chi connectivity index (χ3v) is 7.52. The van der Waals surface area contributed by atoms with Crippen LogP contribution < -0.4 is 33.2 Å². The van der Waals surface area contributed by atoms with Gasteiger partial charge in [0.1, 0.15) is 18.1 Å². The number of aliphatic imine (C=N–C) groups is 1. The number of carboxylic acids is 1. The maximum absolute atomic E-state index is 13.5. The highest BCUT2D eigenvalue weighted by Gasteiger charge is 2.31. The molecule has 3 aromatic rings. The van der Waals surface area contributed by atoms with Crippen LogP contribution >= 0.6 is 11.8 Å². The summed E-state index contributed by atoms with van der Waals surface area (Å²) >= 11 is 1.47. The number of amides is 3. The van der Waals surface area contributed by atoms with Crippen LogP contribution in [0.2, 0.25) is 0 Å². The molecule has 0 aliphatic carbocycles. The first-order chi connectivity index (χ1) is 21.1. The van der Waals surface area contributed by atoms with Crippen LogP contribution in [0.25, 0.3) is 10.9 Å². The number of aliphatic carboxylic acids is 1. The molecular formula is C28H40N10O5S. The number of fused-ring (bicyclic) bond motifs is 1. The zero-order chi connectivity index (χ0) is 32.1. The van der Waals surface area contributed by atoms with E-state index in [-0.39, 0.29) is 31.6 Å². The van der Waals surface area contributed by atoms with Crippen LogP contribution in [-0.2, 0) is 32.0 Å². The molecule has 238 valence electrons. The number of aromatic amines is 2. The number of imidazole rings is 1. The number of rotatable bonds is 18. The molecule has 0 aliphatic rings. The minimum Gasteiger partial charge on any atom is -0.480 e. The van der Waals surface area contributed by atoms with E-state index in [0.29, 0.717) is 24.4 Å². The van der Waals surface area contributed by atoms with Crippen molar-refractivity contribution in [2.75, 3.05) is 18.6 Å². The summed E-state index contributed by atoms with van der Waals surface area (Å²) in [4.78, 5) is 65.8. The van der Waals surface area contributed by atoms with E-state index in [1.54, 1.807) is 6.20 Å². The number of H-pyrrole nitrogens is 2. The van der Waals surface area contributed by atoms with Crippen LogP contribution in [0, 0.1) is 0 Å². The molecule has 3 rings (SSSR count). The minimum atomic E-state index is -1.24. The van der Waals surface area contributed by atoms with Gasteiger partial charge in [-0.15, -0.1) is 0 Å². The summed E-state index contributed by atoms with van der Waals surface area (Å²) in [6, 6.07) is 3.12. The Morgan fingerprint density at radius 1 is 0.977 bits per heavy atom. The van der Waals surface area contributed by atoms with Crippen molar-refractivity contribution in [2.24, 2.45) is 22.2 Å². The monoisotopic (exact) mass is 628 g/mol. The van der Waals surface area contributed by atoms with Crippen molar-refractivity contribution in [3.63, 3.8) is 0 Å². The molecule has 3 amide bonds. The number of hydrogen-bond donors (Lipinski definition) is 9. The number of carbonyl (C=O) groups excluding carboxylic acids is 3. The Hall–Kier alpha value is -4.57. The normalized spacial score (nSPS) is 13.8. The molecule has 15 nitrogen and oxygen atoms in total. The Labute approximate surface area is 258 Å². The molecule has 0 spiro atoms. The van der Waals surface area contributed by atoms with Gasteiger partial charge < -0.3 is 48.2 Å². The van der Waals surface area contributed by atoms with E-state index < -0.39 is 47.9 Å². The fourth-order valence-corrected chi connectivity index (χ4v) is 5.00. The average molecular weight is 629 g/mol. The van der Waals surface area contributed by atoms with E-state index in [9.17, 15) is 24.3 Å². The number of nitrogens with zero attached hydrogens (tertiary/aromatic N) is 2. The van der Waals surface area contributed by atoms with E-state index >= 15 is 0 Å². The molecule has 16 heteroatoms. The maximum atomic E-state index is 13.5. The zero-order valence-corrected chi connectivity index (χ0v) is 25.2. The van der Waals surface area contributed by atoms with Gasteiger partial charge in [-0.05, 0) is 42.9 Å². The van der Waals surface area contributed by atoms with E-state index in [1.165, 1.54) is 24.3 Å². The van der Waals surface area contributed by atoms with Gasteiger partial charge in [-0.25, -0.2) is 9.78 Å². The summed E-state index contributed by atoms with van der Waals surface area (Å²) in [6.45, 7) is 0.297. The number of aromatic nitrogens is 3. The second kappa shape index (κ2) is 16.9. The number of nitrogens with two attached hydrogens (primary N) is 3. The number of carboxylic acid groups (broad SMARTS) is 1. The van der Waals surface area contributed by atoms with Gasteiger partial charge in [-0.1, -0.05) is 18.2 Å². The molecule has 0 bridgehead atoms. The molecule has 4 unspecified atom stereocenters. The lowest BCUT2D eigenvalue weighted by atomic mass is 10.0. The van der Waals surface area contributed by atoms with Crippen molar-refractivity contribution >= 4 is 52.3 Å². The summed E-state index contributed by atoms with van der Waals surface area (Å²) in [5.74, 6) is -2.61. The third-order valence-electron chi connectivity index (χ3n) is 6.87. The van der Waals surface area contributed by atoms with Gasteiger partial charge in [-0.3, -0.25) is 19.4 Å². The molecule has 2 heterocycles. The summed E-state index contributed by atoms with van der Waals surface area (Å²) < 4.78 is 0. The highest BCUT2D eigenvalue weighted by molar-refractivity contribution is 7.98. The quantitative estimate of drug-likeness (QED) is 0.0488. The first-order valence-electron chi connectivity index (χ1n) is 14.0. The van der Waals surface area contributed by atoms with Crippen molar-refractivity contribution in [3.8, 4) is 0 Å². The first kappa shape index (κ1) is 33.9. The third kappa shape index (κ3) is 10.3. The summed E-state index contributed by atoms with van der Waals surface area (Å²) in [7, 11) is 0. The lowest BCUT2D eigenvalue weighted by Crippen LogP contribution is -2.58. The molecule has 4 atom stereocenters. The highest BCUT2D eigenvalue weighted by Crippen LogP contribution is 2.19. The van der Waals surface area contributed by atoms with Crippen LogP contribution in [0.5, 0.6) is 0 Å². The number of para-hydroxylation sites is 1. The highest BCUT2D eigenvalue weighted by atomic mass is 32.2. The Morgan fingerprint density at radius 2 is 1.68 bits per heavy atom. The Kier molecular flexibility index (Phi) is 13.0. The van der Waals surface area contributed by atoms with Gasteiger partial charge >= 0.3 is 5.97 Å². The van der Waals surface area contributed by atoms with Crippen LogP contribution in [-0.4, -0.2) is 92.4 Å². The smallest absolute Gasteiger partial charge is 0.326 e. The Balaban J connectivity index is 1.71. The number of carbonyl (C=O) groups is 4. The number of thioether (sulfide) groups is 1. The SMILES string of the molecule is CSCCC(NC(=O)C(Cc1cnc[nH]1)NC(=O)C(N)CCCN=C(N)N)C(=O)NC(Cc1c[nH]c2ccccc12)C(=O)O. The van der Waals surface area contributed by atoms with Gasteiger partial charge in [0.25, 0.3) is 0 Å². The second-order valence-electron chi connectivity index (χ2n) is 10.2. The van der Waals surface area contributed by atoms with Crippen molar-refractivity contribution in [1.82, 2.24) is 30.9 Å². The van der Waals surface area contributed by atoms with Gasteiger partial charge in [-0.2, -0.15) is 11.8 Å². The van der Waals surface area contributed by atoms with Gasteiger partial charge in [0.2, 0.25) is 17.7 Å². The standard InChI is InChI=1S/C28H40N10O5S/c1-44-10-8-21(25(40)38-23(27(42)43)11-16-13-34-20-7-3-2-5-18(16)20)36-26(41)22(12-17-14-32-15-35-17)37-24(39)19(29)6-4-9-33-28(30)31/h2-3,5,7,13-15,19,21-23,34H,4,6,8-12,29H2,1H3,(H,32,35)(H,36,41)(H,37,39)(H,38,40)(H,42,43)(H4,30,31,33). The van der Waals surface area contributed by atoms with E-state index in [1.807, 2.05) is 30.5 Å². The van der Waals surface area contributed by atoms with Crippen molar-refractivity contribution in [3.05, 3.63) is 54.2 Å². The maximum Gasteiger partial charge on any atom is 0.326 e. The molecule has 44 heavy (non-hydrogen) atoms. The van der Waals surface area contributed by atoms with E-state index in [2.05, 4.69) is 35.9 Å². The topological polar surface area (TPSA) is 259 Å². The number of nitrogens with one attached hydrogen (secondary N) is 5. The average Bonchev–Trinajstić information content (AvgIpc) is 3.66. The van der Waals surface area contributed by atoms with Crippen LogP contribution in [0.1, 0.15) is 30.5 Å². The Bertz CT molecular complexity index is 1420. The zero-order valence-electron chi connectivity index (χ0n) is 24.4. The predicted molar refractivity (Wildman–Crippen MR) is 169 cm³/mol. The largest absolute Gasteiger partial charge is 0.480 e. The first-order valence-corrected chi connectivity index (χ1v) is 15.4. The molecule has 2 aromatic heterocycles. The lowest BCUT2D eigenvalue weighted by molar-refractivity contribution is -0.142. The fraction of sp³-hybridized carbons (Fsp3) is 0.429. The second-order valence-corrected chi connectivity index (χ2v) is 11.2. The van der Waals surface area contributed by atoms with Gasteiger partial charge in [0.05, 0.1) is 12.4 Å². The molecule has 12 N–H and O–H groups in total. The Morgan fingerprint density at radius 3 is 2.36 bits per heavy atom. The van der Waals surface area contributed by atoms with Gasteiger partial charge in [0.15, 0.2) is 5.96 Å². The predicted octanol–water partition coefficient (Wildman–Crippen LogP) is -0.651. The van der Waals surface area contributed by atoms with E-state index in [0.717, 1.165) is 16.5 Å². The number of hydrogen-bond acceptors (Lipinski definition) is 8. The summed E-state index contributed by atoms with van der Waals surface area (Å²) in [5, 5.41) is 18.7. The van der Waals surface area contributed by atoms with Crippen LogP contribution in [0.3, 0.4) is 0 Å². The molecule has 0 saturated heterocycles. The molecule has 0 radical (unpaired) electrons. The van der Waals surface area contributed by atoms with Crippen molar-refractivity contribution in [1.29, 1.82) is 0 Å². The minimum absolute atomic E-state index is 0.0356.